The third kappa shape index (κ3) is 10.6. The number of pyridine rings is 2. The first-order chi connectivity index (χ1) is 29.1. The molecule has 2 fully saturated rings. The first-order valence-corrected chi connectivity index (χ1v) is 22.3. The second-order valence-electron chi connectivity index (χ2n) is 16.5. The second kappa shape index (κ2) is 20.7. The van der Waals surface area contributed by atoms with Crippen molar-refractivity contribution in [2.75, 3.05) is 65.8 Å². The summed E-state index contributed by atoms with van der Waals surface area (Å²) >= 11 is 0. The third-order valence-corrected chi connectivity index (χ3v) is 12.5. The number of rotatable bonds is 18. The number of benzene rings is 4. The lowest BCUT2D eigenvalue weighted by molar-refractivity contribution is -0.0362. The minimum Gasteiger partial charge on any atom is -0.379 e. The van der Waals surface area contributed by atoms with Gasteiger partial charge < -0.3 is 14.2 Å². The SMILES string of the molecule is CCCCc1ccc(Cc2nccc3ccc(C(COCC(c4ccc5ccnc(Cc6ccc(CCCC)cc6)c5c4)N4CCOCC4)N4CCOCC4)cc23)cc1. The Morgan fingerprint density at radius 1 is 0.525 bits per heavy atom. The number of unbranched alkanes of at least 4 members (excludes halogenated alkanes) is 2. The van der Waals surface area contributed by atoms with Crippen LogP contribution in [0.25, 0.3) is 21.5 Å². The Balaban J connectivity index is 1.03. The van der Waals surface area contributed by atoms with Gasteiger partial charge in [-0.3, -0.25) is 19.8 Å². The number of morpholine rings is 2. The highest BCUT2D eigenvalue weighted by molar-refractivity contribution is 5.86. The minimum absolute atomic E-state index is 0.0975. The molecule has 0 bridgehead atoms. The van der Waals surface area contributed by atoms with Crippen LogP contribution in [-0.4, -0.2) is 85.6 Å². The molecule has 0 amide bonds. The molecule has 7 nitrogen and oxygen atoms in total. The predicted octanol–water partition coefficient (Wildman–Crippen LogP) is 10.1. The molecule has 2 atom stereocenters. The van der Waals surface area contributed by atoms with Crippen molar-refractivity contribution in [3.05, 3.63) is 154 Å². The first-order valence-electron chi connectivity index (χ1n) is 22.3. The number of fused-ring (bicyclic) bond motifs is 2. The molecule has 6 aromatic rings. The molecule has 2 aliphatic rings. The van der Waals surface area contributed by atoms with Crippen molar-refractivity contribution in [1.29, 1.82) is 0 Å². The van der Waals surface area contributed by atoms with E-state index in [9.17, 15) is 0 Å². The summed E-state index contributed by atoms with van der Waals surface area (Å²) in [4.78, 5) is 15.0. The van der Waals surface area contributed by atoms with Crippen LogP contribution in [0.1, 0.15) is 96.4 Å². The van der Waals surface area contributed by atoms with Gasteiger partial charge in [0.1, 0.15) is 0 Å². The maximum absolute atomic E-state index is 6.93. The van der Waals surface area contributed by atoms with Crippen molar-refractivity contribution in [1.82, 2.24) is 19.8 Å². The average molecular weight is 791 g/mol. The van der Waals surface area contributed by atoms with Crippen LogP contribution in [0, 0.1) is 0 Å². The van der Waals surface area contributed by atoms with Crippen molar-refractivity contribution >= 4 is 21.5 Å². The number of hydrogen-bond donors (Lipinski definition) is 0. The summed E-state index contributed by atoms with van der Waals surface area (Å²) in [6.07, 6.45) is 12.7. The fourth-order valence-corrected chi connectivity index (χ4v) is 8.88. The normalized spacial score (nSPS) is 16.4. The van der Waals surface area contributed by atoms with Crippen LogP contribution in [0.3, 0.4) is 0 Å². The van der Waals surface area contributed by atoms with Crippen LogP contribution in [0.2, 0.25) is 0 Å². The number of aryl methyl sites for hydroxylation is 2. The standard InChI is InChI=1S/C52H62N4O3/c1-3-5-7-39-9-13-41(14-10-39)33-49-47-35-45(19-17-43(47)21-23-53-49)51(55-25-29-57-30-26-55)37-59-38-52(56-27-31-58-32-28-56)46-20-18-44-22-24-54-50(48(44)36-46)34-42-15-11-40(12-16-42)8-6-4-2/h9-24,35-36,51-52H,3-8,25-34,37-38H2,1-2H3. The van der Waals surface area contributed by atoms with E-state index in [0.29, 0.717) is 13.2 Å². The van der Waals surface area contributed by atoms with Crippen LogP contribution < -0.4 is 0 Å². The Morgan fingerprint density at radius 2 is 0.932 bits per heavy atom. The largest absolute Gasteiger partial charge is 0.379 e. The molecule has 0 saturated carbocycles. The maximum atomic E-state index is 6.93. The lowest BCUT2D eigenvalue weighted by Gasteiger charge is -2.37. The van der Waals surface area contributed by atoms with E-state index in [1.165, 1.54) is 80.6 Å². The molecule has 2 unspecified atom stereocenters. The van der Waals surface area contributed by atoms with Crippen LogP contribution in [-0.2, 0) is 39.9 Å². The highest BCUT2D eigenvalue weighted by atomic mass is 16.5. The summed E-state index contributed by atoms with van der Waals surface area (Å²) in [6, 6.07) is 36.7. The van der Waals surface area contributed by atoms with Crippen molar-refractivity contribution < 1.29 is 14.2 Å². The Kier molecular flexibility index (Phi) is 14.4. The zero-order chi connectivity index (χ0) is 40.2. The summed E-state index contributed by atoms with van der Waals surface area (Å²) in [5, 5.41) is 4.89. The van der Waals surface area contributed by atoms with Gasteiger partial charge >= 0.3 is 0 Å². The van der Waals surface area contributed by atoms with E-state index in [1.807, 2.05) is 12.4 Å². The molecule has 4 aromatic carbocycles. The molecule has 308 valence electrons. The van der Waals surface area contributed by atoms with E-state index >= 15 is 0 Å². The average Bonchev–Trinajstić information content (AvgIpc) is 3.29. The Hall–Kier alpha value is -4.50. The van der Waals surface area contributed by atoms with E-state index in [4.69, 9.17) is 24.2 Å². The minimum atomic E-state index is 0.0975. The molecule has 4 heterocycles. The number of nitrogens with zero attached hydrogens (tertiary/aromatic N) is 4. The zero-order valence-corrected chi connectivity index (χ0v) is 35.3. The van der Waals surface area contributed by atoms with Crippen LogP contribution in [0.5, 0.6) is 0 Å². The van der Waals surface area contributed by atoms with Gasteiger partial charge in [0, 0.05) is 62.2 Å². The Labute approximate surface area is 351 Å². The van der Waals surface area contributed by atoms with Gasteiger partial charge in [-0.15, -0.1) is 0 Å². The molecule has 0 spiro atoms. The van der Waals surface area contributed by atoms with Gasteiger partial charge in [-0.25, -0.2) is 0 Å². The number of aromatic nitrogens is 2. The molecule has 8 rings (SSSR count). The van der Waals surface area contributed by atoms with Gasteiger partial charge in [-0.2, -0.15) is 0 Å². The molecular formula is C52H62N4O3. The van der Waals surface area contributed by atoms with Gasteiger partial charge in [-0.1, -0.05) is 99.5 Å². The van der Waals surface area contributed by atoms with Gasteiger partial charge in [-0.05, 0) is 94.1 Å². The van der Waals surface area contributed by atoms with Crippen molar-refractivity contribution in [3.63, 3.8) is 0 Å². The quantitative estimate of drug-likeness (QED) is 0.0859. The van der Waals surface area contributed by atoms with Crippen LogP contribution in [0.15, 0.2) is 109 Å². The first kappa shape index (κ1) is 41.2. The molecule has 59 heavy (non-hydrogen) atoms. The Morgan fingerprint density at radius 3 is 1.34 bits per heavy atom. The van der Waals surface area contributed by atoms with E-state index in [2.05, 4.69) is 121 Å². The second-order valence-corrected chi connectivity index (χ2v) is 16.5. The van der Waals surface area contributed by atoms with Gasteiger partial charge in [0.25, 0.3) is 0 Å². The van der Waals surface area contributed by atoms with Gasteiger partial charge in [0.2, 0.25) is 0 Å². The molecule has 2 aliphatic heterocycles. The maximum Gasteiger partial charge on any atom is 0.0664 e. The zero-order valence-electron chi connectivity index (χ0n) is 35.3. The van der Waals surface area contributed by atoms with E-state index in [-0.39, 0.29) is 12.1 Å². The van der Waals surface area contributed by atoms with E-state index < -0.39 is 0 Å². The van der Waals surface area contributed by atoms with Crippen LogP contribution >= 0.6 is 0 Å². The van der Waals surface area contributed by atoms with Gasteiger partial charge in [0.15, 0.2) is 0 Å². The fourth-order valence-electron chi connectivity index (χ4n) is 8.88. The molecule has 0 aliphatic carbocycles. The molecule has 2 aromatic heterocycles. The third-order valence-electron chi connectivity index (χ3n) is 12.5. The summed E-state index contributed by atoms with van der Waals surface area (Å²) < 4.78 is 18.6. The topological polar surface area (TPSA) is 60.0 Å². The summed E-state index contributed by atoms with van der Waals surface area (Å²) in [5.74, 6) is 0. The highest BCUT2D eigenvalue weighted by Gasteiger charge is 2.27. The van der Waals surface area contributed by atoms with Crippen molar-refractivity contribution in [2.24, 2.45) is 0 Å². The predicted molar refractivity (Wildman–Crippen MR) is 240 cm³/mol. The van der Waals surface area contributed by atoms with Gasteiger partial charge in [0.05, 0.1) is 63.1 Å². The van der Waals surface area contributed by atoms with Crippen molar-refractivity contribution in [2.45, 2.75) is 77.3 Å². The molecule has 7 heteroatoms. The Bertz CT molecular complexity index is 2070. The highest BCUT2D eigenvalue weighted by Crippen LogP contribution is 2.31. The molecule has 0 N–H and O–H groups in total. The van der Waals surface area contributed by atoms with Crippen LogP contribution in [0.4, 0.5) is 0 Å². The van der Waals surface area contributed by atoms with Crippen molar-refractivity contribution in [3.8, 4) is 0 Å². The smallest absolute Gasteiger partial charge is 0.0664 e. The number of hydrogen-bond acceptors (Lipinski definition) is 7. The lowest BCUT2D eigenvalue weighted by atomic mass is 9.97. The molecular weight excluding hydrogens is 729 g/mol. The summed E-state index contributed by atoms with van der Waals surface area (Å²) in [7, 11) is 0. The van der Waals surface area contributed by atoms with E-state index in [0.717, 1.165) is 89.7 Å². The summed E-state index contributed by atoms with van der Waals surface area (Å²) in [6.45, 7) is 12.1. The summed E-state index contributed by atoms with van der Waals surface area (Å²) in [5.41, 5.74) is 10.2. The van der Waals surface area contributed by atoms with E-state index in [1.54, 1.807) is 0 Å². The monoisotopic (exact) mass is 790 g/mol. The number of ether oxygens (including phenoxy) is 3. The lowest BCUT2D eigenvalue weighted by Crippen LogP contribution is -2.42. The fraction of sp³-hybridized carbons (Fsp3) is 0.423. The molecule has 2 saturated heterocycles. The molecule has 0 radical (unpaired) electrons.